The van der Waals surface area contributed by atoms with Gasteiger partial charge in [-0.2, -0.15) is 8.42 Å². The number of hydrogen-bond acceptors (Lipinski definition) is 3. The molecule has 0 saturated heterocycles. The molecule has 5 heteroatoms. The molecule has 0 fully saturated rings. The van der Waals surface area contributed by atoms with E-state index in [-0.39, 0.29) is 42.2 Å². The molecule has 0 unspecified atom stereocenters. The monoisotopic (exact) mass is 350 g/mol. The minimum absolute atomic E-state index is 0. The molecule has 0 atom stereocenters. The first-order valence-electron chi connectivity index (χ1n) is 3.26. The van der Waals surface area contributed by atoms with Gasteiger partial charge in [0.05, 0.1) is 6.26 Å². The summed E-state index contributed by atoms with van der Waals surface area (Å²) in [6.45, 7) is 3.17. The van der Waals surface area contributed by atoms with Crippen LogP contribution in [0.25, 0.3) is 0 Å². The number of benzene rings is 1. The average molecular weight is 351 g/mol. The van der Waals surface area contributed by atoms with Gasteiger partial charge in [0, 0.05) is 37.3 Å². The maximum atomic E-state index is 11.1. The Hall–Kier alpha value is -0.0432. The van der Waals surface area contributed by atoms with Crippen LogP contribution in [0.5, 0.6) is 0 Å². The van der Waals surface area contributed by atoms with Gasteiger partial charge in [-0.1, -0.05) is 24.8 Å². The van der Waals surface area contributed by atoms with Crippen LogP contribution >= 0.6 is 0 Å². The van der Waals surface area contributed by atoms with Gasteiger partial charge >= 0.3 is 10.1 Å². The van der Waals surface area contributed by atoms with E-state index in [4.69, 9.17) is 0 Å². The van der Waals surface area contributed by atoms with Crippen molar-refractivity contribution >= 4 is 10.1 Å². The van der Waals surface area contributed by atoms with Crippen LogP contribution in [0.15, 0.2) is 48.1 Å². The Kier molecular flexibility index (Phi) is 5.62. The van der Waals surface area contributed by atoms with Crippen LogP contribution in [0.4, 0.5) is 0 Å². The molecule has 13 heavy (non-hydrogen) atoms. The summed E-state index contributed by atoms with van der Waals surface area (Å²) in [4.78, 5) is 0.130. The van der Waals surface area contributed by atoms with E-state index < -0.39 is 10.1 Å². The van der Waals surface area contributed by atoms with Crippen LogP contribution in [0.1, 0.15) is 0 Å². The van der Waals surface area contributed by atoms with E-state index in [9.17, 15) is 8.42 Å². The molecule has 0 amide bonds. The molecule has 0 aliphatic heterocycles. The van der Waals surface area contributed by atoms with Crippen molar-refractivity contribution < 1.29 is 49.9 Å². The molecule has 0 aliphatic rings. The molecular formula is C8H8ErO3S. The Morgan fingerprint density at radius 2 is 1.77 bits per heavy atom. The quantitative estimate of drug-likeness (QED) is 0.613. The second-order valence-corrected chi connectivity index (χ2v) is 3.60. The summed E-state index contributed by atoms with van der Waals surface area (Å²) in [7, 11) is -3.63. The minimum Gasteiger partial charge on any atom is -0.388 e. The van der Waals surface area contributed by atoms with E-state index in [0.29, 0.717) is 0 Å². The Labute approximate surface area is 107 Å². The van der Waals surface area contributed by atoms with Crippen LogP contribution in [-0.4, -0.2) is 8.42 Å². The van der Waals surface area contributed by atoms with Crippen LogP contribution in [0, 0.1) is 37.3 Å². The van der Waals surface area contributed by atoms with E-state index in [0.717, 1.165) is 6.26 Å². The molecule has 0 aromatic heterocycles. The molecule has 1 rings (SSSR count). The summed E-state index contributed by atoms with van der Waals surface area (Å²) >= 11 is 0. The number of rotatable bonds is 3. The Bertz CT molecular complexity index is 358. The van der Waals surface area contributed by atoms with Gasteiger partial charge in [0.25, 0.3) is 0 Å². The summed E-state index contributed by atoms with van der Waals surface area (Å²) in [6.07, 6.45) is 0.891. The molecule has 0 N–H and O–H groups in total. The molecule has 0 spiro atoms. The third-order valence-electron chi connectivity index (χ3n) is 1.23. The van der Waals surface area contributed by atoms with Gasteiger partial charge in [-0.3, -0.25) is 0 Å². The normalized spacial score (nSPS) is 9.85. The Balaban J connectivity index is 0.00000144. The first-order chi connectivity index (χ1) is 5.67. The molecule has 76 valence electrons. The van der Waals surface area contributed by atoms with Crippen molar-refractivity contribution in [2.45, 2.75) is 4.90 Å². The van der Waals surface area contributed by atoms with Crippen LogP contribution < -0.4 is 0 Å². The fraction of sp³-hybridized carbons (Fsp3) is 0. The predicted octanol–water partition coefficient (Wildman–Crippen LogP) is 1.54. The average Bonchev–Trinajstić information content (AvgIpc) is 2.06. The molecule has 0 saturated carbocycles. The smallest absolute Gasteiger partial charge is 0.338 e. The molecule has 1 aromatic carbocycles. The first-order valence-corrected chi connectivity index (χ1v) is 4.67. The second-order valence-electron chi connectivity index (χ2n) is 2.03. The summed E-state index contributed by atoms with van der Waals surface area (Å²) in [6, 6.07) is 7.89. The van der Waals surface area contributed by atoms with Gasteiger partial charge in [-0.05, 0) is 12.1 Å². The zero-order chi connectivity index (χ0) is 9.03. The van der Waals surface area contributed by atoms with Crippen LogP contribution in [0.2, 0.25) is 0 Å². The Morgan fingerprint density at radius 3 is 2.23 bits per heavy atom. The molecule has 0 heterocycles. The van der Waals surface area contributed by atoms with E-state index in [2.05, 4.69) is 10.8 Å². The third kappa shape index (κ3) is 3.68. The third-order valence-corrected chi connectivity index (χ3v) is 2.47. The SMILES string of the molecule is C=COS(=O)(=O)c1ccccc1.[Er]. The topological polar surface area (TPSA) is 43.4 Å². The largest absolute Gasteiger partial charge is 0.388 e. The van der Waals surface area contributed by atoms with Crippen molar-refractivity contribution in [2.24, 2.45) is 0 Å². The summed E-state index contributed by atoms with van der Waals surface area (Å²) in [5, 5.41) is 0. The summed E-state index contributed by atoms with van der Waals surface area (Å²) in [5.41, 5.74) is 0. The van der Waals surface area contributed by atoms with Gasteiger partial charge in [-0.15, -0.1) is 0 Å². The van der Waals surface area contributed by atoms with Crippen molar-refractivity contribution in [3.63, 3.8) is 0 Å². The van der Waals surface area contributed by atoms with Crippen molar-refractivity contribution in [3.8, 4) is 0 Å². The van der Waals surface area contributed by atoms with Crippen LogP contribution in [0.3, 0.4) is 0 Å². The molecule has 0 bridgehead atoms. The van der Waals surface area contributed by atoms with Crippen molar-refractivity contribution in [1.29, 1.82) is 0 Å². The van der Waals surface area contributed by atoms with E-state index >= 15 is 0 Å². The van der Waals surface area contributed by atoms with Crippen molar-refractivity contribution in [2.75, 3.05) is 0 Å². The van der Waals surface area contributed by atoms with Gasteiger partial charge in [0.2, 0.25) is 0 Å². The van der Waals surface area contributed by atoms with E-state index in [1.165, 1.54) is 12.1 Å². The molecule has 1 aromatic rings. The second kappa shape index (κ2) is 5.64. The molecule has 0 radical (unpaired) electrons. The summed E-state index contributed by atoms with van der Waals surface area (Å²) in [5.74, 6) is 0. The van der Waals surface area contributed by atoms with Crippen LogP contribution in [-0.2, 0) is 14.3 Å². The fourth-order valence-electron chi connectivity index (χ4n) is 0.732. The maximum absolute atomic E-state index is 11.1. The number of hydrogen-bond donors (Lipinski definition) is 0. The molecular weight excluding hydrogens is 343 g/mol. The zero-order valence-electron chi connectivity index (χ0n) is 6.59. The fourth-order valence-corrected chi connectivity index (χ4v) is 1.51. The Morgan fingerprint density at radius 1 is 1.23 bits per heavy atom. The summed E-state index contributed by atoms with van der Waals surface area (Å²) < 4.78 is 26.6. The minimum atomic E-state index is -3.63. The molecule has 0 aliphatic carbocycles. The molecule has 3 nitrogen and oxygen atoms in total. The maximum Gasteiger partial charge on any atom is 0.338 e. The van der Waals surface area contributed by atoms with E-state index in [1.807, 2.05) is 0 Å². The zero-order valence-corrected chi connectivity index (χ0v) is 9.26. The first kappa shape index (κ1) is 13.0. The van der Waals surface area contributed by atoms with Gasteiger partial charge in [0.15, 0.2) is 0 Å². The van der Waals surface area contributed by atoms with Crippen molar-refractivity contribution in [3.05, 3.63) is 43.2 Å². The van der Waals surface area contributed by atoms with Gasteiger partial charge in [0.1, 0.15) is 4.90 Å². The van der Waals surface area contributed by atoms with Gasteiger partial charge < -0.3 is 4.18 Å². The van der Waals surface area contributed by atoms with Crippen molar-refractivity contribution in [1.82, 2.24) is 0 Å². The predicted molar refractivity (Wildman–Crippen MR) is 44.9 cm³/mol. The van der Waals surface area contributed by atoms with Gasteiger partial charge in [-0.25, -0.2) is 0 Å². The standard InChI is InChI=1S/C8H8O3S.Er/c1-2-11-12(9,10)8-6-4-3-5-7-8;/h2-7H,1H2;. The van der Waals surface area contributed by atoms with E-state index in [1.54, 1.807) is 18.2 Å².